The average molecular weight is 790 g/mol. The summed E-state index contributed by atoms with van der Waals surface area (Å²) in [6.07, 6.45) is -3.21. The van der Waals surface area contributed by atoms with Gasteiger partial charge in [-0.3, -0.25) is 29.5 Å². The molecule has 0 aromatic heterocycles. The minimum atomic E-state index is -5.12. The average Bonchev–Trinajstić information content (AvgIpc) is 3.53. The van der Waals surface area contributed by atoms with E-state index in [4.69, 9.17) is 11.6 Å². The second kappa shape index (κ2) is 13.7. The van der Waals surface area contributed by atoms with Crippen LogP contribution in [-0.2, 0) is 31.0 Å². The number of hydrazine groups is 1. The molecule has 2 aliphatic carbocycles. The third-order valence-electron chi connectivity index (χ3n) is 11.5. The molecule has 4 aliphatic rings. The van der Waals surface area contributed by atoms with Crippen LogP contribution in [0.3, 0.4) is 0 Å². The Labute approximate surface area is 321 Å². The molecule has 288 valence electrons. The minimum absolute atomic E-state index is 0.0312. The van der Waals surface area contributed by atoms with E-state index in [1.54, 1.807) is 18.2 Å². The first kappa shape index (κ1) is 37.1. The zero-order valence-corrected chi connectivity index (χ0v) is 29.9. The number of anilines is 1. The van der Waals surface area contributed by atoms with Crippen LogP contribution in [0.1, 0.15) is 35.4 Å². The number of fused-ring (bicyclic) bond motifs is 4. The van der Waals surface area contributed by atoms with Crippen molar-refractivity contribution in [1.82, 2.24) is 9.91 Å². The number of carbonyl (C=O) groups is 4. The molecule has 6 unspecified atom stereocenters. The Balaban J connectivity index is 1.29. The molecule has 8 rings (SSSR count). The van der Waals surface area contributed by atoms with E-state index in [-0.39, 0.29) is 47.0 Å². The number of rotatable bonds is 8. The van der Waals surface area contributed by atoms with Crippen molar-refractivity contribution in [3.05, 3.63) is 130 Å². The summed E-state index contributed by atoms with van der Waals surface area (Å²) in [6.45, 7) is 0.0312. The molecule has 1 saturated carbocycles. The minimum Gasteiger partial charge on any atom is -0.508 e. The van der Waals surface area contributed by atoms with Gasteiger partial charge < -0.3 is 14.9 Å². The number of allylic oxidation sites excluding steroid dienone is 2. The molecule has 2 saturated heterocycles. The molecule has 10 nitrogen and oxygen atoms in total. The normalized spacial score (nSPS) is 25.8. The van der Waals surface area contributed by atoms with Crippen LogP contribution in [0.4, 0.5) is 23.2 Å². The lowest BCUT2D eigenvalue weighted by Gasteiger charge is -2.50. The number of nitrogens with zero attached hydrogens (tertiary/aromatic N) is 2. The molecule has 3 N–H and O–H groups in total. The highest BCUT2D eigenvalue weighted by molar-refractivity contribution is 6.30. The summed E-state index contributed by atoms with van der Waals surface area (Å²) in [5.74, 6) is -9.55. The van der Waals surface area contributed by atoms with Crippen LogP contribution < -0.4 is 10.2 Å². The molecule has 56 heavy (non-hydrogen) atoms. The lowest BCUT2D eigenvalue weighted by atomic mass is 9.49. The fourth-order valence-electron chi connectivity index (χ4n) is 9.15. The molecule has 0 bridgehead atoms. The van der Waals surface area contributed by atoms with Gasteiger partial charge in [0.05, 0.1) is 28.9 Å². The number of aromatic hydroxyl groups is 2. The van der Waals surface area contributed by atoms with Gasteiger partial charge in [0.25, 0.3) is 11.8 Å². The van der Waals surface area contributed by atoms with E-state index in [9.17, 15) is 42.2 Å². The van der Waals surface area contributed by atoms with E-state index >= 15 is 4.79 Å². The molecule has 4 amide bonds. The number of alkyl halides is 3. The molecular weight excluding hydrogens is 758 g/mol. The number of carbonyl (C=O) groups excluding carboxylic acids is 4. The van der Waals surface area contributed by atoms with Crippen LogP contribution in [0.2, 0.25) is 5.02 Å². The van der Waals surface area contributed by atoms with Crippen molar-refractivity contribution in [3.63, 3.8) is 0 Å². The Hall–Kier alpha value is -5.89. The van der Waals surface area contributed by atoms with Crippen molar-refractivity contribution < 1.29 is 51.7 Å². The van der Waals surface area contributed by atoms with Crippen LogP contribution in [0.25, 0.3) is 0 Å². The van der Waals surface area contributed by atoms with Crippen LogP contribution >= 0.6 is 11.6 Å². The van der Waals surface area contributed by atoms with E-state index in [1.165, 1.54) is 53.4 Å². The lowest BCUT2D eigenvalue weighted by Crippen LogP contribution is -2.53. The maximum Gasteiger partial charge on any atom is 0.573 e. The zero-order chi connectivity index (χ0) is 39.7. The summed E-state index contributed by atoms with van der Waals surface area (Å²) in [5.41, 5.74) is 2.26. The molecular formula is C41H32ClF4N3O7. The smallest absolute Gasteiger partial charge is 0.508 e. The van der Waals surface area contributed by atoms with Crippen LogP contribution in [0, 0.1) is 29.5 Å². The third kappa shape index (κ3) is 6.12. The second-order valence-electron chi connectivity index (χ2n) is 14.4. The number of imide groups is 2. The van der Waals surface area contributed by atoms with Gasteiger partial charge in [0.15, 0.2) is 0 Å². The monoisotopic (exact) mass is 789 g/mol. The summed E-state index contributed by atoms with van der Waals surface area (Å²) in [6, 6.07) is 20.2. The van der Waals surface area contributed by atoms with E-state index < -0.39 is 82.3 Å². The standard InChI is InChI=1S/C41H32ClF4N3O7/c42-23-5-3-22(4-6-23)40-32(37(53)49(39(40)55)47-25-9-7-24(43)8-10-25)20-30-28(35(40)31-19-27(13-16-33(31)51)56-41(44,45)46)14-15-29-34(30)38(54)48(36(29)52)18-17-21-1-11-26(50)12-2-21/h1-14,16,19,29-30,32,34-35,47,50-51H,15,17-18,20H2. The number of phenols is 2. The van der Waals surface area contributed by atoms with E-state index in [2.05, 4.69) is 10.2 Å². The molecule has 0 spiro atoms. The summed E-state index contributed by atoms with van der Waals surface area (Å²) < 4.78 is 58.9. The van der Waals surface area contributed by atoms with E-state index in [0.29, 0.717) is 12.0 Å². The van der Waals surface area contributed by atoms with Gasteiger partial charge in [0.2, 0.25) is 11.8 Å². The van der Waals surface area contributed by atoms with Crippen molar-refractivity contribution >= 4 is 40.9 Å². The largest absolute Gasteiger partial charge is 0.573 e. The number of likely N-dealkylation sites (tertiary alicyclic amines) is 1. The van der Waals surface area contributed by atoms with Gasteiger partial charge >= 0.3 is 6.36 Å². The van der Waals surface area contributed by atoms with Gasteiger partial charge in [-0.25, -0.2) is 4.39 Å². The third-order valence-corrected chi connectivity index (χ3v) is 11.7. The zero-order valence-electron chi connectivity index (χ0n) is 29.2. The molecule has 2 aliphatic heterocycles. The van der Waals surface area contributed by atoms with Gasteiger partial charge in [-0.15, -0.1) is 13.2 Å². The highest BCUT2D eigenvalue weighted by Crippen LogP contribution is 2.65. The number of nitrogens with one attached hydrogen (secondary N) is 1. The number of phenolic OH excluding ortho intramolecular Hbond substituents is 2. The van der Waals surface area contributed by atoms with Crippen LogP contribution in [0.5, 0.6) is 17.2 Å². The molecule has 3 fully saturated rings. The Bertz CT molecular complexity index is 2280. The summed E-state index contributed by atoms with van der Waals surface area (Å²) in [5, 5.41) is 22.3. The Kier molecular flexibility index (Phi) is 9.06. The highest BCUT2D eigenvalue weighted by Gasteiger charge is 2.70. The quantitative estimate of drug-likeness (QED) is 0.0986. The fraction of sp³-hybridized carbons (Fsp3) is 0.268. The van der Waals surface area contributed by atoms with Crippen molar-refractivity contribution in [1.29, 1.82) is 0 Å². The first-order chi connectivity index (χ1) is 26.7. The first-order valence-electron chi connectivity index (χ1n) is 17.8. The predicted octanol–water partition coefficient (Wildman–Crippen LogP) is 7.02. The van der Waals surface area contributed by atoms with Gasteiger partial charge in [-0.05, 0) is 103 Å². The predicted molar refractivity (Wildman–Crippen MR) is 192 cm³/mol. The Morgan fingerprint density at radius 1 is 0.857 bits per heavy atom. The summed E-state index contributed by atoms with van der Waals surface area (Å²) >= 11 is 6.29. The number of hydrogen-bond donors (Lipinski definition) is 3. The van der Waals surface area contributed by atoms with Crippen molar-refractivity contribution in [2.45, 2.75) is 37.0 Å². The topological polar surface area (TPSA) is 136 Å². The van der Waals surface area contributed by atoms with Gasteiger partial charge in [0.1, 0.15) is 23.1 Å². The second-order valence-corrected chi connectivity index (χ2v) is 14.8. The Morgan fingerprint density at radius 2 is 1.55 bits per heavy atom. The number of ether oxygens (including phenoxy) is 1. The highest BCUT2D eigenvalue weighted by atomic mass is 35.5. The Morgan fingerprint density at radius 3 is 2.23 bits per heavy atom. The maximum absolute atomic E-state index is 15.2. The lowest BCUT2D eigenvalue weighted by molar-refractivity contribution is -0.274. The van der Waals surface area contributed by atoms with E-state index in [1.807, 2.05) is 0 Å². The number of hydrogen-bond acceptors (Lipinski definition) is 8. The summed E-state index contributed by atoms with van der Waals surface area (Å²) in [7, 11) is 0. The van der Waals surface area contributed by atoms with Crippen molar-refractivity contribution in [2.24, 2.45) is 23.7 Å². The molecule has 2 heterocycles. The molecule has 15 heteroatoms. The van der Waals surface area contributed by atoms with E-state index in [0.717, 1.165) is 40.9 Å². The van der Waals surface area contributed by atoms with Gasteiger partial charge in [-0.1, -0.05) is 47.5 Å². The van der Waals surface area contributed by atoms with Crippen LogP contribution in [0.15, 0.2) is 103 Å². The fourth-order valence-corrected chi connectivity index (χ4v) is 9.28. The molecule has 6 atom stereocenters. The molecule has 4 aromatic rings. The SMILES string of the molecule is O=C1C2CC=C3C(CC4C(=O)N(Nc5ccc(F)cc5)C(=O)C4(c4ccc(Cl)cc4)C3c3cc(OC(F)(F)F)ccc3O)C2C(=O)N1CCc1ccc(O)cc1. The first-order valence-corrected chi connectivity index (χ1v) is 18.1. The maximum atomic E-state index is 15.2. The number of halogens is 5. The van der Waals surface area contributed by atoms with Gasteiger partial charge in [0, 0.05) is 23.0 Å². The molecule has 0 radical (unpaired) electrons. The van der Waals surface area contributed by atoms with Crippen molar-refractivity contribution in [2.75, 3.05) is 12.0 Å². The molecule has 4 aromatic carbocycles. The van der Waals surface area contributed by atoms with Crippen molar-refractivity contribution in [3.8, 4) is 17.2 Å². The van der Waals surface area contributed by atoms with Gasteiger partial charge in [-0.2, -0.15) is 5.01 Å². The van der Waals surface area contributed by atoms with Crippen LogP contribution in [-0.4, -0.2) is 56.7 Å². The summed E-state index contributed by atoms with van der Waals surface area (Å²) in [4.78, 5) is 59.4. The number of amides is 4. The number of benzene rings is 4.